The zero-order chi connectivity index (χ0) is 17.1. The van der Waals surface area contributed by atoms with Crippen molar-refractivity contribution in [3.63, 3.8) is 0 Å². The Labute approximate surface area is 158 Å². The maximum atomic E-state index is 5.72. The van der Waals surface area contributed by atoms with Gasteiger partial charge in [-0.05, 0) is 46.5 Å². The summed E-state index contributed by atoms with van der Waals surface area (Å²) in [7, 11) is 0. The van der Waals surface area contributed by atoms with Crippen LogP contribution in [0.1, 0.15) is 18.4 Å². The van der Waals surface area contributed by atoms with Crippen molar-refractivity contribution in [2.75, 3.05) is 12.4 Å². The van der Waals surface area contributed by atoms with Crippen molar-refractivity contribution in [3.8, 4) is 11.6 Å². The molecule has 0 aliphatic carbocycles. The molecule has 0 bridgehead atoms. The van der Waals surface area contributed by atoms with E-state index in [1.165, 1.54) is 5.56 Å². The lowest BCUT2D eigenvalue weighted by Gasteiger charge is -2.11. The Morgan fingerprint density at radius 2 is 2.04 bits per heavy atom. The normalized spacial score (nSPS) is 17.2. The van der Waals surface area contributed by atoms with E-state index in [1.807, 2.05) is 30.3 Å². The maximum absolute atomic E-state index is 5.72. The molecule has 1 fully saturated rings. The predicted octanol–water partition coefficient (Wildman–Crippen LogP) is 4.62. The Morgan fingerprint density at radius 3 is 2.76 bits per heavy atom. The van der Waals surface area contributed by atoms with Crippen LogP contribution < -0.4 is 0 Å². The molecule has 3 aromatic rings. The van der Waals surface area contributed by atoms with Gasteiger partial charge in [-0.3, -0.25) is 4.57 Å². The van der Waals surface area contributed by atoms with Gasteiger partial charge in [0.1, 0.15) is 0 Å². The van der Waals surface area contributed by atoms with Gasteiger partial charge in [-0.25, -0.2) is 0 Å². The van der Waals surface area contributed by atoms with Gasteiger partial charge in [0.15, 0.2) is 15.6 Å². The van der Waals surface area contributed by atoms with Gasteiger partial charge >= 0.3 is 0 Å². The van der Waals surface area contributed by atoms with Crippen molar-refractivity contribution in [1.29, 1.82) is 0 Å². The molecule has 4 rings (SSSR count). The summed E-state index contributed by atoms with van der Waals surface area (Å²) in [6.07, 6.45) is 2.58. The molecule has 7 heteroatoms. The lowest BCUT2D eigenvalue weighted by Crippen LogP contribution is -2.10. The van der Waals surface area contributed by atoms with Crippen LogP contribution in [0.15, 0.2) is 56.7 Å². The predicted molar refractivity (Wildman–Crippen MR) is 101 cm³/mol. The third-order valence-corrected chi connectivity index (χ3v) is 5.64. The molecule has 0 saturated carbocycles. The monoisotopic (exact) mass is 419 g/mol. The topological polar surface area (TPSA) is 53.1 Å². The minimum Gasteiger partial charge on any atom is -0.446 e. The first-order chi connectivity index (χ1) is 12.3. The quantitative estimate of drug-likeness (QED) is 0.545. The van der Waals surface area contributed by atoms with Crippen LogP contribution in [0.4, 0.5) is 0 Å². The summed E-state index contributed by atoms with van der Waals surface area (Å²) in [6, 6.07) is 14.1. The molecule has 3 heterocycles. The number of halogens is 1. The number of benzene rings is 1. The highest BCUT2D eigenvalue weighted by Gasteiger charge is 2.21. The zero-order valence-electron chi connectivity index (χ0n) is 13.6. The van der Waals surface area contributed by atoms with Gasteiger partial charge in [0.2, 0.25) is 5.82 Å². The summed E-state index contributed by atoms with van der Waals surface area (Å²) in [6.45, 7) is 1.57. The van der Waals surface area contributed by atoms with Crippen LogP contribution in [0.2, 0.25) is 0 Å². The Bertz CT molecular complexity index is 828. The lowest BCUT2D eigenvalue weighted by molar-refractivity contribution is 0.129. The van der Waals surface area contributed by atoms with E-state index in [2.05, 4.69) is 42.8 Å². The van der Waals surface area contributed by atoms with Crippen LogP contribution in [0.5, 0.6) is 0 Å². The molecule has 5 nitrogen and oxygen atoms in total. The van der Waals surface area contributed by atoms with Gasteiger partial charge in [0.05, 0.1) is 12.6 Å². The van der Waals surface area contributed by atoms with E-state index in [1.54, 1.807) is 11.8 Å². The summed E-state index contributed by atoms with van der Waals surface area (Å²) in [5, 5.41) is 9.67. The van der Waals surface area contributed by atoms with Gasteiger partial charge in [-0.2, -0.15) is 0 Å². The molecule has 1 atom stereocenters. The van der Waals surface area contributed by atoms with E-state index in [4.69, 9.17) is 9.15 Å². The van der Waals surface area contributed by atoms with Crippen molar-refractivity contribution in [2.45, 2.75) is 30.6 Å². The fraction of sp³-hybridized carbons (Fsp3) is 0.333. The van der Waals surface area contributed by atoms with E-state index in [-0.39, 0.29) is 0 Å². The molecule has 1 aliphatic heterocycles. The number of aromatic nitrogens is 3. The van der Waals surface area contributed by atoms with Gasteiger partial charge in [0.25, 0.3) is 0 Å². The van der Waals surface area contributed by atoms with E-state index in [0.29, 0.717) is 23.1 Å². The standard InChI is InChI=1S/C18H18BrN3O2S/c19-16-9-8-15(24-16)17-20-21-18(25-12-14-7-4-10-23-14)22(17)11-13-5-2-1-3-6-13/h1-3,5-6,8-9,14H,4,7,10-12H2. The van der Waals surface area contributed by atoms with Gasteiger partial charge in [-0.1, -0.05) is 42.1 Å². The van der Waals surface area contributed by atoms with Gasteiger partial charge in [-0.15, -0.1) is 10.2 Å². The first-order valence-corrected chi connectivity index (χ1v) is 10.0. The molecule has 0 radical (unpaired) electrons. The molecule has 0 spiro atoms. The van der Waals surface area contributed by atoms with Crippen LogP contribution in [0.3, 0.4) is 0 Å². The molecule has 1 saturated heterocycles. The molecule has 25 heavy (non-hydrogen) atoms. The summed E-state index contributed by atoms with van der Waals surface area (Å²) < 4.78 is 14.2. The molecular weight excluding hydrogens is 402 g/mol. The Kier molecular flexibility index (Phi) is 5.24. The van der Waals surface area contributed by atoms with E-state index in [0.717, 1.165) is 36.2 Å². The number of furan rings is 1. The minimum absolute atomic E-state index is 0.313. The van der Waals surface area contributed by atoms with Gasteiger partial charge in [0, 0.05) is 12.4 Å². The zero-order valence-corrected chi connectivity index (χ0v) is 16.0. The first-order valence-electron chi connectivity index (χ1n) is 8.27. The maximum Gasteiger partial charge on any atom is 0.200 e. The van der Waals surface area contributed by atoms with Crippen LogP contribution in [0.25, 0.3) is 11.6 Å². The number of hydrogen-bond acceptors (Lipinski definition) is 5. The van der Waals surface area contributed by atoms with Crippen LogP contribution in [-0.4, -0.2) is 33.2 Å². The minimum atomic E-state index is 0.313. The number of nitrogens with zero attached hydrogens (tertiary/aromatic N) is 3. The molecule has 130 valence electrons. The Balaban J connectivity index is 1.62. The molecule has 1 aliphatic rings. The highest BCUT2D eigenvalue weighted by Crippen LogP contribution is 2.29. The van der Waals surface area contributed by atoms with Crippen LogP contribution >= 0.6 is 27.7 Å². The largest absolute Gasteiger partial charge is 0.446 e. The van der Waals surface area contributed by atoms with Crippen molar-refractivity contribution >= 4 is 27.7 Å². The van der Waals surface area contributed by atoms with Crippen molar-refractivity contribution in [2.24, 2.45) is 0 Å². The third-order valence-electron chi connectivity index (χ3n) is 4.12. The molecule has 0 amide bonds. The van der Waals surface area contributed by atoms with Crippen LogP contribution in [-0.2, 0) is 11.3 Å². The van der Waals surface area contributed by atoms with Crippen molar-refractivity contribution < 1.29 is 9.15 Å². The molecule has 0 N–H and O–H groups in total. The van der Waals surface area contributed by atoms with E-state index >= 15 is 0 Å². The molecule has 1 unspecified atom stereocenters. The van der Waals surface area contributed by atoms with Gasteiger partial charge < -0.3 is 9.15 Å². The average Bonchev–Trinajstić information content (AvgIpc) is 3.35. The highest BCUT2D eigenvalue weighted by molar-refractivity contribution is 9.10. The summed E-state index contributed by atoms with van der Waals surface area (Å²) in [5.74, 6) is 2.35. The second-order valence-electron chi connectivity index (χ2n) is 5.93. The molecule has 2 aromatic heterocycles. The second-order valence-corrected chi connectivity index (χ2v) is 7.70. The molecule has 1 aromatic carbocycles. The second kappa shape index (κ2) is 7.76. The average molecular weight is 420 g/mol. The highest BCUT2D eigenvalue weighted by atomic mass is 79.9. The van der Waals surface area contributed by atoms with Crippen LogP contribution in [0, 0.1) is 0 Å². The fourth-order valence-electron chi connectivity index (χ4n) is 2.86. The SMILES string of the molecule is Brc1ccc(-c2nnc(SCC3CCCO3)n2Cc2ccccc2)o1. The Morgan fingerprint density at radius 1 is 1.16 bits per heavy atom. The Hall–Kier alpha value is -1.57. The summed E-state index contributed by atoms with van der Waals surface area (Å²) in [5.41, 5.74) is 1.20. The lowest BCUT2D eigenvalue weighted by atomic mass is 10.2. The third kappa shape index (κ3) is 3.99. The number of hydrogen-bond donors (Lipinski definition) is 0. The smallest absolute Gasteiger partial charge is 0.200 e. The molecular formula is C18H18BrN3O2S. The van der Waals surface area contributed by atoms with Crippen molar-refractivity contribution in [1.82, 2.24) is 14.8 Å². The summed E-state index contributed by atoms with van der Waals surface area (Å²) >= 11 is 5.05. The number of rotatable bonds is 6. The van der Waals surface area contributed by atoms with E-state index < -0.39 is 0 Å². The fourth-order valence-corrected chi connectivity index (χ4v) is 4.17. The number of ether oxygens (including phenoxy) is 1. The first kappa shape index (κ1) is 16.9. The van der Waals surface area contributed by atoms with Crippen molar-refractivity contribution in [3.05, 3.63) is 52.7 Å². The van der Waals surface area contributed by atoms with E-state index in [9.17, 15) is 0 Å². The summed E-state index contributed by atoms with van der Waals surface area (Å²) in [4.78, 5) is 0. The number of thioether (sulfide) groups is 1.